The van der Waals surface area contributed by atoms with E-state index in [9.17, 15) is 0 Å². The van der Waals surface area contributed by atoms with Crippen LogP contribution in [0.2, 0.25) is 0 Å². The lowest BCUT2D eigenvalue weighted by molar-refractivity contribution is 0.135. The monoisotopic (exact) mass is 288 g/mol. The van der Waals surface area contributed by atoms with E-state index in [1.165, 1.54) is 38.0 Å². The Balaban J connectivity index is 1.64. The molecule has 2 aliphatic rings. The second-order valence-electron chi connectivity index (χ2n) is 6.61. The van der Waals surface area contributed by atoms with Gasteiger partial charge in [-0.3, -0.25) is 0 Å². The van der Waals surface area contributed by atoms with E-state index < -0.39 is 0 Å². The van der Waals surface area contributed by atoms with Crippen molar-refractivity contribution in [2.75, 3.05) is 33.3 Å². The van der Waals surface area contributed by atoms with Gasteiger partial charge in [0.1, 0.15) is 5.75 Å². The SMILES string of the molecule is CNC(C)C1CCCN(CC2CCOc3ccccc32)C1. The van der Waals surface area contributed by atoms with Gasteiger partial charge in [-0.2, -0.15) is 0 Å². The quantitative estimate of drug-likeness (QED) is 0.922. The number of rotatable bonds is 4. The standard InChI is InChI=1S/C18H28N2O/c1-14(19-2)15-6-5-10-20(12-15)13-16-9-11-21-18-8-4-3-7-17(16)18/h3-4,7-8,14-16,19H,5-6,9-13H2,1-2H3. The molecule has 3 rings (SSSR count). The van der Waals surface area contributed by atoms with Gasteiger partial charge in [0.25, 0.3) is 0 Å². The van der Waals surface area contributed by atoms with Crippen molar-refractivity contribution in [3.05, 3.63) is 29.8 Å². The molecule has 0 radical (unpaired) electrons. The molecule has 1 N–H and O–H groups in total. The van der Waals surface area contributed by atoms with Crippen LogP contribution >= 0.6 is 0 Å². The van der Waals surface area contributed by atoms with Crippen molar-refractivity contribution < 1.29 is 4.74 Å². The van der Waals surface area contributed by atoms with E-state index in [2.05, 4.69) is 48.5 Å². The van der Waals surface area contributed by atoms with E-state index >= 15 is 0 Å². The van der Waals surface area contributed by atoms with Crippen LogP contribution < -0.4 is 10.1 Å². The molecule has 116 valence electrons. The van der Waals surface area contributed by atoms with Crippen LogP contribution in [0, 0.1) is 5.92 Å². The summed E-state index contributed by atoms with van der Waals surface area (Å²) >= 11 is 0. The molecule has 0 bridgehead atoms. The molecule has 0 aromatic heterocycles. The third-order valence-corrected chi connectivity index (χ3v) is 5.27. The number of fused-ring (bicyclic) bond motifs is 1. The van der Waals surface area contributed by atoms with Crippen molar-refractivity contribution in [1.82, 2.24) is 10.2 Å². The highest BCUT2D eigenvalue weighted by atomic mass is 16.5. The van der Waals surface area contributed by atoms with Crippen LogP contribution in [0.1, 0.15) is 37.7 Å². The lowest BCUT2D eigenvalue weighted by Crippen LogP contribution is -2.45. The highest BCUT2D eigenvalue weighted by molar-refractivity contribution is 5.37. The van der Waals surface area contributed by atoms with Crippen LogP contribution in [-0.4, -0.2) is 44.2 Å². The molecule has 3 unspecified atom stereocenters. The summed E-state index contributed by atoms with van der Waals surface area (Å²) in [5.74, 6) is 2.53. The molecular formula is C18H28N2O. The van der Waals surface area contributed by atoms with Crippen molar-refractivity contribution >= 4 is 0 Å². The Hall–Kier alpha value is -1.06. The third kappa shape index (κ3) is 3.41. The molecule has 21 heavy (non-hydrogen) atoms. The molecule has 3 atom stereocenters. The van der Waals surface area contributed by atoms with Gasteiger partial charge < -0.3 is 15.0 Å². The van der Waals surface area contributed by atoms with Crippen LogP contribution in [0.4, 0.5) is 0 Å². The lowest BCUT2D eigenvalue weighted by atomic mass is 9.88. The Morgan fingerprint density at radius 2 is 2.19 bits per heavy atom. The zero-order valence-corrected chi connectivity index (χ0v) is 13.3. The van der Waals surface area contributed by atoms with Crippen LogP contribution in [0.3, 0.4) is 0 Å². The first-order valence-electron chi connectivity index (χ1n) is 8.39. The van der Waals surface area contributed by atoms with Crippen LogP contribution in [0.5, 0.6) is 5.75 Å². The van der Waals surface area contributed by atoms with Gasteiger partial charge in [0.15, 0.2) is 0 Å². The highest BCUT2D eigenvalue weighted by Gasteiger charge is 2.28. The second kappa shape index (κ2) is 6.80. The minimum Gasteiger partial charge on any atom is -0.493 e. The molecule has 0 amide bonds. The summed E-state index contributed by atoms with van der Waals surface area (Å²) in [5, 5.41) is 3.43. The Kier molecular flexibility index (Phi) is 4.81. The molecular weight excluding hydrogens is 260 g/mol. The van der Waals surface area contributed by atoms with E-state index in [0.717, 1.165) is 24.7 Å². The Labute approximate surface area is 128 Å². The van der Waals surface area contributed by atoms with Crippen molar-refractivity contribution in [3.8, 4) is 5.75 Å². The van der Waals surface area contributed by atoms with E-state index in [4.69, 9.17) is 4.74 Å². The normalized spacial score (nSPS) is 27.7. The minimum absolute atomic E-state index is 0.620. The summed E-state index contributed by atoms with van der Waals surface area (Å²) in [6, 6.07) is 9.20. The van der Waals surface area contributed by atoms with Crippen LogP contribution in [0.25, 0.3) is 0 Å². The Morgan fingerprint density at radius 1 is 1.33 bits per heavy atom. The van der Waals surface area contributed by atoms with Crippen molar-refractivity contribution in [1.29, 1.82) is 0 Å². The fourth-order valence-corrected chi connectivity index (χ4v) is 3.82. The largest absolute Gasteiger partial charge is 0.493 e. The first-order valence-corrected chi connectivity index (χ1v) is 8.39. The molecule has 1 aromatic rings. The Bertz CT molecular complexity index is 462. The second-order valence-corrected chi connectivity index (χ2v) is 6.61. The molecule has 3 nitrogen and oxygen atoms in total. The van der Waals surface area contributed by atoms with E-state index in [0.29, 0.717) is 12.0 Å². The maximum absolute atomic E-state index is 5.79. The molecule has 1 aromatic carbocycles. The molecule has 0 aliphatic carbocycles. The summed E-state index contributed by atoms with van der Waals surface area (Å²) in [4.78, 5) is 2.68. The topological polar surface area (TPSA) is 24.5 Å². The summed E-state index contributed by atoms with van der Waals surface area (Å²) in [7, 11) is 2.08. The van der Waals surface area contributed by atoms with Gasteiger partial charge in [-0.05, 0) is 57.3 Å². The molecule has 1 fully saturated rings. The lowest BCUT2D eigenvalue weighted by Gasteiger charge is -2.38. The summed E-state index contributed by atoms with van der Waals surface area (Å²) in [6.45, 7) is 6.87. The average molecular weight is 288 g/mol. The third-order valence-electron chi connectivity index (χ3n) is 5.27. The van der Waals surface area contributed by atoms with Crippen molar-refractivity contribution in [2.45, 2.75) is 38.1 Å². The number of nitrogens with one attached hydrogen (secondary N) is 1. The molecule has 2 heterocycles. The molecule has 1 saturated heterocycles. The number of hydrogen-bond acceptors (Lipinski definition) is 3. The van der Waals surface area contributed by atoms with E-state index in [-0.39, 0.29) is 0 Å². The zero-order valence-electron chi connectivity index (χ0n) is 13.3. The molecule has 0 spiro atoms. The molecule has 3 heteroatoms. The molecule has 0 saturated carbocycles. The van der Waals surface area contributed by atoms with E-state index in [1.54, 1.807) is 0 Å². The van der Waals surface area contributed by atoms with Gasteiger partial charge in [0, 0.05) is 25.0 Å². The number of ether oxygens (including phenoxy) is 1. The molecule has 2 aliphatic heterocycles. The predicted molar refractivity (Wildman–Crippen MR) is 87.0 cm³/mol. The van der Waals surface area contributed by atoms with Gasteiger partial charge in [-0.25, -0.2) is 0 Å². The average Bonchev–Trinajstić information content (AvgIpc) is 2.55. The number of likely N-dealkylation sites (tertiary alicyclic amines) is 1. The summed E-state index contributed by atoms with van der Waals surface area (Å²) in [6.07, 6.45) is 3.85. The van der Waals surface area contributed by atoms with Crippen molar-refractivity contribution in [3.63, 3.8) is 0 Å². The minimum atomic E-state index is 0.620. The van der Waals surface area contributed by atoms with Crippen molar-refractivity contribution in [2.24, 2.45) is 5.92 Å². The Morgan fingerprint density at radius 3 is 3.05 bits per heavy atom. The first-order chi connectivity index (χ1) is 10.3. The number of piperidine rings is 1. The number of hydrogen-bond donors (Lipinski definition) is 1. The predicted octanol–water partition coefficient (Wildman–Crippen LogP) is 2.87. The first kappa shape index (κ1) is 14.9. The van der Waals surface area contributed by atoms with Crippen LogP contribution in [0.15, 0.2) is 24.3 Å². The van der Waals surface area contributed by atoms with Gasteiger partial charge in [0.2, 0.25) is 0 Å². The van der Waals surface area contributed by atoms with Crippen LogP contribution in [-0.2, 0) is 0 Å². The summed E-state index contributed by atoms with van der Waals surface area (Å²) < 4.78 is 5.79. The fraction of sp³-hybridized carbons (Fsp3) is 0.667. The van der Waals surface area contributed by atoms with Gasteiger partial charge >= 0.3 is 0 Å². The fourth-order valence-electron chi connectivity index (χ4n) is 3.82. The smallest absolute Gasteiger partial charge is 0.122 e. The maximum atomic E-state index is 5.79. The van der Waals surface area contributed by atoms with Gasteiger partial charge in [-0.1, -0.05) is 18.2 Å². The van der Waals surface area contributed by atoms with Gasteiger partial charge in [-0.15, -0.1) is 0 Å². The van der Waals surface area contributed by atoms with E-state index in [1.807, 2.05) is 0 Å². The number of para-hydroxylation sites is 1. The van der Waals surface area contributed by atoms with Gasteiger partial charge in [0.05, 0.1) is 6.61 Å². The summed E-state index contributed by atoms with van der Waals surface area (Å²) in [5.41, 5.74) is 1.41. The number of nitrogens with zero attached hydrogens (tertiary/aromatic N) is 1. The number of benzene rings is 1. The zero-order chi connectivity index (χ0) is 14.7. The highest BCUT2D eigenvalue weighted by Crippen LogP contribution is 2.34. The maximum Gasteiger partial charge on any atom is 0.122 e.